The lowest BCUT2D eigenvalue weighted by molar-refractivity contribution is -0.137. The summed E-state index contributed by atoms with van der Waals surface area (Å²) in [5, 5.41) is 11.8. The number of urea groups is 1. The van der Waals surface area contributed by atoms with Crippen molar-refractivity contribution < 1.29 is 14.7 Å². The summed E-state index contributed by atoms with van der Waals surface area (Å²) in [4.78, 5) is 24.4. The smallest absolute Gasteiger partial charge is 0.323 e. The minimum atomic E-state index is -0.942. The predicted octanol–water partition coefficient (Wildman–Crippen LogP) is 1.92. The predicted molar refractivity (Wildman–Crippen MR) is 75.5 cm³/mol. The largest absolute Gasteiger partial charge is 0.480 e. The van der Waals surface area contributed by atoms with Gasteiger partial charge < -0.3 is 15.3 Å². The van der Waals surface area contributed by atoms with Crippen LogP contribution in [0.5, 0.6) is 0 Å². The molecule has 2 N–H and O–H groups in total. The van der Waals surface area contributed by atoms with Crippen LogP contribution in [-0.2, 0) is 4.79 Å². The van der Waals surface area contributed by atoms with Crippen molar-refractivity contribution in [2.75, 3.05) is 19.3 Å². The number of thioether (sulfide) groups is 1. The number of rotatable bonds is 6. The Morgan fingerprint density at radius 1 is 1.37 bits per heavy atom. The maximum absolute atomic E-state index is 12.1. The Hall–Kier alpha value is -0.910. The van der Waals surface area contributed by atoms with E-state index in [1.807, 2.05) is 11.8 Å². The third-order valence-electron chi connectivity index (χ3n) is 4.06. The van der Waals surface area contributed by atoms with Gasteiger partial charge in [0.1, 0.15) is 6.54 Å². The van der Waals surface area contributed by atoms with Crippen molar-refractivity contribution in [2.45, 2.75) is 49.3 Å². The summed E-state index contributed by atoms with van der Waals surface area (Å²) in [5.41, 5.74) is 0. The Morgan fingerprint density at radius 2 is 2.00 bits per heavy atom. The third kappa shape index (κ3) is 3.78. The molecule has 2 saturated carbocycles. The van der Waals surface area contributed by atoms with Crippen LogP contribution in [-0.4, -0.2) is 52.1 Å². The fraction of sp³-hybridized carbons (Fsp3) is 0.846. The first-order valence-corrected chi connectivity index (χ1v) is 8.10. The molecule has 2 aliphatic rings. The number of carbonyl (C=O) groups excluding carboxylic acids is 1. The van der Waals surface area contributed by atoms with Gasteiger partial charge in [0.05, 0.1) is 0 Å². The van der Waals surface area contributed by atoms with Crippen LogP contribution in [0.4, 0.5) is 4.79 Å². The SMILES string of the molecule is CSC1(CNC(=O)N(CC(=O)O)C2CC2)CCCC1. The van der Waals surface area contributed by atoms with Crippen LogP contribution in [0.2, 0.25) is 0 Å². The zero-order valence-corrected chi connectivity index (χ0v) is 12.2. The highest BCUT2D eigenvalue weighted by Gasteiger charge is 2.37. The maximum Gasteiger partial charge on any atom is 0.323 e. The van der Waals surface area contributed by atoms with Gasteiger partial charge in [0.15, 0.2) is 0 Å². The van der Waals surface area contributed by atoms with Crippen molar-refractivity contribution in [2.24, 2.45) is 0 Å². The van der Waals surface area contributed by atoms with E-state index in [-0.39, 0.29) is 23.4 Å². The lowest BCUT2D eigenvalue weighted by Crippen LogP contribution is -2.48. The molecule has 0 aromatic carbocycles. The molecule has 0 aromatic heterocycles. The molecule has 0 bridgehead atoms. The fourth-order valence-corrected chi connectivity index (χ4v) is 3.62. The minimum absolute atomic E-state index is 0.130. The van der Waals surface area contributed by atoms with E-state index in [1.54, 1.807) is 0 Å². The molecular weight excluding hydrogens is 264 g/mol. The summed E-state index contributed by atoms with van der Waals surface area (Å²) >= 11 is 1.82. The van der Waals surface area contributed by atoms with Crippen molar-refractivity contribution in [3.8, 4) is 0 Å². The number of carboxylic acids is 1. The maximum atomic E-state index is 12.1. The lowest BCUT2D eigenvalue weighted by atomic mass is 10.1. The molecule has 0 unspecified atom stereocenters. The molecule has 0 aromatic rings. The summed E-state index contributed by atoms with van der Waals surface area (Å²) in [6.45, 7) is 0.457. The van der Waals surface area contributed by atoms with Crippen molar-refractivity contribution in [3.63, 3.8) is 0 Å². The Morgan fingerprint density at radius 3 is 2.47 bits per heavy atom. The lowest BCUT2D eigenvalue weighted by Gasteiger charge is -2.29. The summed E-state index contributed by atoms with van der Waals surface area (Å²) in [6.07, 6.45) is 8.65. The summed E-state index contributed by atoms with van der Waals surface area (Å²) in [6, 6.07) is -0.0878. The van der Waals surface area contributed by atoms with Gasteiger partial charge in [0, 0.05) is 17.3 Å². The first-order valence-electron chi connectivity index (χ1n) is 6.88. The van der Waals surface area contributed by atoms with E-state index in [1.165, 1.54) is 17.7 Å². The van der Waals surface area contributed by atoms with E-state index in [0.29, 0.717) is 6.54 Å². The second-order valence-electron chi connectivity index (χ2n) is 5.51. The number of nitrogens with one attached hydrogen (secondary N) is 1. The highest BCUT2D eigenvalue weighted by atomic mass is 32.2. The zero-order chi connectivity index (χ0) is 13.9. The molecular formula is C13H22N2O3S. The second-order valence-corrected chi connectivity index (χ2v) is 6.78. The van der Waals surface area contributed by atoms with Crippen molar-refractivity contribution >= 4 is 23.8 Å². The van der Waals surface area contributed by atoms with E-state index < -0.39 is 5.97 Å². The number of carbonyl (C=O) groups is 2. The van der Waals surface area contributed by atoms with Crippen LogP contribution in [0.1, 0.15) is 38.5 Å². The summed E-state index contributed by atoms with van der Waals surface area (Å²) < 4.78 is 0.161. The molecule has 108 valence electrons. The number of nitrogens with zero attached hydrogens (tertiary/aromatic N) is 1. The second kappa shape index (κ2) is 6.03. The molecule has 2 amide bonds. The Bertz CT molecular complexity index is 352. The zero-order valence-electron chi connectivity index (χ0n) is 11.4. The van der Waals surface area contributed by atoms with Crippen LogP contribution in [0, 0.1) is 0 Å². The van der Waals surface area contributed by atoms with E-state index in [9.17, 15) is 9.59 Å². The van der Waals surface area contributed by atoms with Gasteiger partial charge in [0.25, 0.3) is 0 Å². The first kappa shape index (κ1) is 14.5. The molecule has 19 heavy (non-hydrogen) atoms. The standard InChI is InChI=1S/C13H22N2O3S/c1-19-13(6-2-3-7-13)9-14-12(18)15(8-11(16)17)10-4-5-10/h10H,2-9H2,1H3,(H,14,18)(H,16,17). The Labute approximate surface area is 118 Å². The van der Waals surface area contributed by atoms with Gasteiger partial charge in [-0.2, -0.15) is 11.8 Å². The quantitative estimate of drug-likeness (QED) is 0.782. The molecule has 0 radical (unpaired) electrons. The van der Waals surface area contributed by atoms with Gasteiger partial charge in [-0.25, -0.2) is 4.79 Å². The minimum Gasteiger partial charge on any atom is -0.480 e. The van der Waals surface area contributed by atoms with E-state index in [0.717, 1.165) is 25.7 Å². The monoisotopic (exact) mass is 286 g/mol. The molecule has 0 atom stereocenters. The molecule has 5 nitrogen and oxygen atoms in total. The van der Waals surface area contributed by atoms with Crippen LogP contribution in [0.15, 0.2) is 0 Å². The summed E-state index contributed by atoms with van der Waals surface area (Å²) in [7, 11) is 0. The van der Waals surface area contributed by atoms with E-state index >= 15 is 0 Å². The summed E-state index contributed by atoms with van der Waals surface area (Å²) in [5.74, 6) is -0.942. The van der Waals surface area contributed by atoms with Crippen LogP contribution in [0.25, 0.3) is 0 Å². The van der Waals surface area contributed by atoms with Gasteiger partial charge in [0.2, 0.25) is 0 Å². The van der Waals surface area contributed by atoms with Gasteiger partial charge in [-0.15, -0.1) is 0 Å². The normalized spacial score (nSPS) is 21.1. The Kier molecular flexibility index (Phi) is 4.60. The van der Waals surface area contributed by atoms with Crippen molar-refractivity contribution in [3.05, 3.63) is 0 Å². The fourth-order valence-electron chi connectivity index (χ4n) is 2.71. The van der Waals surface area contributed by atoms with Gasteiger partial charge in [-0.3, -0.25) is 4.79 Å². The molecule has 6 heteroatoms. The molecule has 2 fully saturated rings. The van der Waals surface area contributed by atoms with Crippen LogP contribution < -0.4 is 5.32 Å². The van der Waals surface area contributed by atoms with Crippen LogP contribution in [0.3, 0.4) is 0 Å². The average Bonchev–Trinajstić information content (AvgIpc) is 3.12. The number of hydrogen-bond donors (Lipinski definition) is 2. The molecule has 0 heterocycles. The third-order valence-corrected chi connectivity index (χ3v) is 5.48. The topological polar surface area (TPSA) is 69.6 Å². The molecule has 0 saturated heterocycles. The number of aliphatic carboxylic acids is 1. The van der Waals surface area contributed by atoms with Crippen molar-refractivity contribution in [1.29, 1.82) is 0 Å². The molecule has 0 aliphatic heterocycles. The average molecular weight is 286 g/mol. The molecule has 2 rings (SSSR count). The number of hydrogen-bond acceptors (Lipinski definition) is 3. The number of amides is 2. The van der Waals surface area contributed by atoms with E-state index in [2.05, 4.69) is 11.6 Å². The first-order chi connectivity index (χ1) is 9.06. The van der Waals surface area contributed by atoms with E-state index in [4.69, 9.17) is 5.11 Å². The highest BCUT2D eigenvalue weighted by molar-refractivity contribution is 8.00. The van der Waals surface area contributed by atoms with Gasteiger partial charge in [-0.05, 0) is 31.9 Å². The van der Waals surface area contributed by atoms with Gasteiger partial charge >= 0.3 is 12.0 Å². The van der Waals surface area contributed by atoms with Gasteiger partial charge in [-0.1, -0.05) is 12.8 Å². The molecule has 2 aliphatic carbocycles. The number of carboxylic acid groups (broad SMARTS) is 1. The Balaban J connectivity index is 1.86. The highest BCUT2D eigenvalue weighted by Crippen LogP contribution is 2.39. The molecule has 0 spiro atoms. The van der Waals surface area contributed by atoms with Crippen LogP contribution >= 0.6 is 11.8 Å². The van der Waals surface area contributed by atoms with Crippen molar-refractivity contribution in [1.82, 2.24) is 10.2 Å².